The van der Waals surface area contributed by atoms with Gasteiger partial charge in [0.2, 0.25) is 0 Å². The Hall–Kier alpha value is -0.390. The summed E-state index contributed by atoms with van der Waals surface area (Å²) in [7, 11) is -3.40. The first kappa shape index (κ1) is 14.7. The monoisotopic (exact) mass is 320 g/mol. The van der Waals surface area contributed by atoms with E-state index in [9.17, 15) is 13.5 Å². The lowest BCUT2D eigenvalue weighted by molar-refractivity contribution is 0.167. The normalized spacial score (nSPS) is 17.5. The molecule has 1 N–H and O–H groups in total. The van der Waals surface area contributed by atoms with Crippen LogP contribution in [-0.2, 0) is 9.84 Å². The van der Waals surface area contributed by atoms with Gasteiger partial charge in [0.05, 0.1) is 0 Å². The van der Waals surface area contributed by atoms with E-state index in [1.165, 1.54) is 6.92 Å². The molecule has 0 heterocycles. The Kier molecular flexibility index (Phi) is 4.38. The Balaban J connectivity index is 3.23. The summed E-state index contributed by atoms with van der Waals surface area (Å²) >= 11 is 3.16. The third kappa shape index (κ3) is 2.72. The third-order valence-electron chi connectivity index (χ3n) is 2.96. The van der Waals surface area contributed by atoms with Crippen molar-refractivity contribution < 1.29 is 13.5 Å². The van der Waals surface area contributed by atoms with Gasteiger partial charge in [-0.25, -0.2) is 8.42 Å². The molecule has 0 radical (unpaired) electrons. The average molecular weight is 321 g/mol. The summed E-state index contributed by atoms with van der Waals surface area (Å²) < 4.78 is 22.5. The van der Waals surface area contributed by atoms with Crippen molar-refractivity contribution in [2.45, 2.75) is 30.5 Å². The summed E-state index contributed by atoms with van der Waals surface area (Å²) in [5.74, 6) is -0.0162. The first-order chi connectivity index (χ1) is 7.74. The van der Waals surface area contributed by atoms with Gasteiger partial charge in [-0.1, -0.05) is 47.1 Å². The van der Waals surface area contributed by atoms with Gasteiger partial charge in [0, 0.05) is 5.75 Å². The molecule has 0 bridgehead atoms. The SMILES string of the molecule is CCS(=O)(=O)C(C)(Br)C(O)c1ccccc1C. The molecule has 1 rings (SSSR count). The quantitative estimate of drug-likeness (QED) is 0.867. The molecule has 0 aliphatic rings. The smallest absolute Gasteiger partial charge is 0.168 e. The summed E-state index contributed by atoms with van der Waals surface area (Å²) in [4.78, 5) is 0. The van der Waals surface area contributed by atoms with Crippen LogP contribution in [0.25, 0.3) is 0 Å². The van der Waals surface area contributed by atoms with Gasteiger partial charge in [0.25, 0.3) is 0 Å². The first-order valence-electron chi connectivity index (χ1n) is 5.39. The van der Waals surface area contributed by atoms with Gasteiger partial charge in [-0.3, -0.25) is 0 Å². The minimum atomic E-state index is -3.40. The molecule has 0 saturated carbocycles. The molecule has 3 nitrogen and oxygen atoms in total. The van der Waals surface area contributed by atoms with E-state index in [0.717, 1.165) is 5.56 Å². The van der Waals surface area contributed by atoms with E-state index in [2.05, 4.69) is 15.9 Å². The van der Waals surface area contributed by atoms with Crippen molar-refractivity contribution in [2.24, 2.45) is 0 Å². The van der Waals surface area contributed by atoms with E-state index in [-0.39, 0.29) is 5.75 Å². The number of halogens is 1. The first-order valence-corrected chi connectivity index (χ1v) is 7.83. The minimum absolute atomic E-state index is 0.0162. The number of aliphatic hydroxyl groups is 1. The fraction of sp³-hybridized carbons (Fsp3) is 0.500. The highest BCUT2D eigenvalue weighted by Crippen LogP contribution is 2.39. The Morgan fingerprint density at radius 1 is 1.41 bits per heavy atom. The highest BCUT2D eigenvalue weighted by atomic mass is 79.9. The fourth-order valence-corrected chi connectivity index (χ4v) is 3.59. The summed E-state index contributed by atoms with van der Waals surface area (Å²) in [5.41, 5.74) is 1.50. The number of hydrogen-bond acceptors (Lipinski definition) is 3. The van der Waals surface area contributed by atoms with E-state index in [0.29, 0.717) is 5.56 Å². The van der Waals surface area contributed by atoms with Crippen LogP contribution in [0.15, 0.2) is 24.3 Å². The molecule has 0 amide bonds. The topological polar surface area (TPSA) is 54.4 Å². The van der Waals surface area contributed by atoms with Crippen LogP contribution in [0.4, 0.5) is 0 Å². The van der Waals surface area contributed by atoms with Crippen molar-refractivity contribution in [3.63, 3.8) is 0 Å². The summed E-state index contributed by atoms with van der Waals surface area (Å²) in [6, 6.07) is 7.23. The maximum absolute atomic E-state index is 11.9. The van der Waals surface area contributed by atoms with Crippen LogP contribution in [0.5, 0.6) is 0 Å². The van der Waals surface area contributed by atoms with Gasteiger partial charge in [0.15, 0.2) is 13.5 Å². The van der Waals surface area contributed by atoms with Crippen molar-refractivity contribution in [3.8, 4) is 0 Å². The molecule has 2 unspecified atom stereocenters. The summed E-state index contributed by atoms with van der Waals surface area (Å²) in [5, 5.41) is 10.3. The summed E-state index contributed by atoms with van der Waals surface area (Å²) in [6.45, 7) is 4.91. The zero-order valence-corrected chi connectivity index (χ0v) is 12.5. The zero-order chi connectivity index (χ0) is 13.3. The zero-order valence-electron chi connectivity index (χ0n) is 10.1. The van der Waals surface area contributed by atoms with Crippen molar-refractivity contribution in [2.75, 3.05) is 5.75 Å². The van der Waals surface area contributed by atoms with E-state index in [1.54, 1.807) is 19.1 Å². The molecule has 0 spiro atoms. The molecule has 17 heavy (non-hydrogen) atoms. The number of aliphatic hydroxyl groups excluding tert-OH is 1. The van der Waals surface area contributed by atoms with E-state index < -0.39 is 19.6 Å². The van der Waals surface area contributed by atoms with Gasteiger partial charge < -0.3 is 5.11 Å². The molecule has 5 heteroatoms. The maximum atomic E-state index is 11.9. The molecule has 1 aromatic rings. The second-order valence-electron chi connectivity index (χ2n) is 4.15. The number of sulfone groups is 1. The minimum Gasteiger partial charge on any atom is -0.386 e. The van der Waals surface area contributed by atoms with Crippen molar-refractivity contribution in [1.29, 1.82) is 0 Å². The van der Waals surface area contributed by atoms with Gasteiger partial charge in [-0.2, -0.15) is 0 Å². The lowest BCUT2D eigenvalue weighted by Crippen LogP contribution is -2.37. The third-order valence-corrected chi connectivity index (χ3v) is 7.07. The second-order valence-corrected chi connectivity index (χ2v) is 8.98. The summed E-state index contributed by atoms with van der Waals surface area (Å²) in [6.07, 6.45) is -1.09. The second kappa shape index (κ2) is 5.08. The molecule has 96 valence electrons. The van der Waals surface area contributed by atoms with Crippen LogP contribution in [0, 0.1) is 6.92 Å². The maximum Gasteiger partial charge on any atom is 0.168 e. The molecule has 0 aliphatic heterocycles. The van der Waals surface area contributed by atoms with Crippen LogP contribution >= 0.6 is 15.9 Å². The number of benzene rings is 1. The molecule has 0 aromatic heterocycles. The van der Waals surface area contributed by atoms with Gasteiger partial charge >= 0.3 is 0 Å². The predicted octanol–water partition coefficient (Wildman–Crippen LogP) is 2.57. The molecule has 1 aromatic carbocycles. The lowest BCUT2D eigenvalue weighted by atomic mass is 10.0. The van der Waals surface area contributed by atoms with Crippen molar-refractivity contribution >= 4 is 25.8 Å². The number of hydrogen-bond donors (Lipinski definition) is 1. The van der Waals surface area contributed by atoms with Crippen molar-refractivity contribution in [3.05, 3.63) is 35.4 Å². The molecule has 0 saturated heterocycles. The number of rotatable bonds is 4. The van der Waals surface area contributed by atoms with Crippen LogP contribution in [0.1, 0.15) is 31.1 Å². The van der Waals surface area contributed by atoms with E-state index >= 15 is 0 Å². The molecule has 0 aliphatic carbocycles. The predicted molar refractivity (Wildman–Crippen MR) is 72.9 cm³/mol. The molecular formula is C12H17BrO3S. The van der Waals surface area contributed by atoms with Crippen LogP contribution < -0.4 is 0 Å². The molecule has 0 fully saturated rings. The van der Waals surface area contributed by atoms with Crippen LogP contribution in [0.3, 0.4) is 0 Å². The van der Waals surface area contributed by atoms with Crippen molar-refractivity contribution in [1.82, 2.24) is 0 Å². The lowest BCUT2D eigenvalue weighted by Gasteiger charge is -2.29. The number of aryl methyl sites for hydroxylation is 1. The highest BCUT2D eigenvalue weighted by Gasteiger charge is 2.43. The molecule has 2 atom stereocenters. The van der Waals surface area contributed by atoms with Gasteiger partial charge in [-0.05, 0) is 25.0 Å². The van der Waals surface area contributed by atoms with Crippen LogP contribution in [0.2, 0.25) is 0 Å². The number of alkyl halides is 1. The van der Waals surface area contributed by atoms with E-state index in [4.69, 9.17) is 0 Å². The van der Waals surface area contributed by atoms with Gasteiger partial charge in [0.1, 0.15) is 6.10 Å². The Labute approximate surface area is 111 Å². The average Bonchev–Trinajstić information content (AvgIpc) is 2.28. The fourth-order valence-electron chi connectivity index (χ4n) is 1.62. The van der Waals surface area contributed by atoms with Gasteiger partial charge in [-0.15, -0.1) is 0 Å². The molecular weight excluding hydrogens is 304 g/mol. The highest BCUT2D eigenvalue weighted by molar-refractivity contribution is 9.11. The Morgan fingerprint density at radius 2 is 1.94 bits per heavy atom. The largest absolute Gasteiger partial charge is 0.386 e. The van der Waals surface area contributed by atoms with E-state index in [1.807, 2.05) is 19.1 Å². The van der Waals surface area contributed by atoms with Crippen LogP contribution in [-0.4, -0.2) is 22.9 Å². The Bertz CT molecular complexity index is 494. The standard InChI is InChI=1S/C12H17BrO3S/c1-4-17(15,16)12(3,13)11(14)10-8-6-5-7-9(10)2/h5-8,11,14H,4H2,1-3H3. The Morgan fingerprint density at radius 3 is 2.41 bits per heavy atom.